The normalized spacial score (nSPS) is 36.0. The summed E-state index contributed by atoms with van der Waals surface area (Å²) in [6.07, 6.45) is 7.70. The summed E-state index contributed by atoms with van der Waals surface area (Å²) in [6, 6.07) is 0.819. The van der Waals surface area contributed by atoms with Gasteiger partial charge in [0.15, 0.2) is 0 Å². The van der Waals surface area contributed by atoms with Crippen LogP contribution in [0.2, 0.25) is 0 Å². The molecule has 3 unspecified atom stereocenters. The lowest BCUT2D eigenvalue weighted by Gasteiger charge is -2.37. The summed E-state index contributed by atoms with van der Waals surface area (Å²) in [5, 5.41) is 0.831. The first-order chi connectivity index (χ1) is 9.35. The van der Waals surface area contributed by atoms with Gasteiger partial charge in [0.05, 0.1) is 0 Å². The van der Waals surface area contributed by atoms with E-state index in [9.17, 15) is 4.79 Å². The van der Waals surface area contributed by atoms with Crippen LogP contribution in [0, 0.1) is 11.3 Å². The first kappa shape index (κ1) is 16.2. The molecule has 1 saturated heterocycles. The van der Waals surface area contributed by atoms with Crippen LogP contribution in [-0.2, 0) is 0 Å². The number of hydrogen-bond acceptors (Lipinski definition) is 2. The molecule has 1 amide bonds. The maximum absolute atomic E-state index is 12.4. The summed E-state index contributed by atoms with van der Waals surface area (Å²) in [5.74, 6) is 0.699. The summed E-state index contributed by atoms with van der Waals surface area (Å²) < 4.78 is 0. The number of amides is 1. The number of carbonyl (C=O) groups excluding carboxylic acids is 1. The highest BCUT2D eigenvalue weighted by Crippen LogP contribution is 2.47. The Bertz CT molecular complexity index is 355. The van der Waals surface area contributed by atoms with Crippen LogP contribution in [0.5, 0.6) is 0 Å². The van der Waals surface area contributed by atoms with Crippen molar-refractivity contribution in [1.82, 2.24) is 4.90 Å². The first-order valence-electron chi connectivity index (χ1n) is 8.34. The molecule has 2 nitrogen and oxygen atoms in total. The molecule has 0 aromatic carbocycles. The lowest BCUT2D eigenvalue weighted by atomic mass is 9.71. The Labute approximate surface area is 129 Å². The van der Waals surface area contributed by atoms with Crippen LogP contribution in [-0.4, -0.2) is 27.5 Å². The highest BCUT2D eigenvalue weighted by Gasteiger charge is 2.45. The molecule has 0 bridgehead atoms. The Hall–Kier alpha value is -0.180. The van der Waals surface area contributed by atoms with E-state index in [1.807, 2.05) is 0 Å². The van der Waals surface area contributed by atoms with Gasteiger partial charge in [0.1, 0.15) is 0 Å². The van der Waals surface area contributed by atoms with Gasteiger partial charge in [0, 0.05) is 17.3 Å². The lowest BCUT2D eigenvalue weighted by molar-refractivity contribution is 0.147. The number of hydrogen-bond donors (Lipinski definition) is 0. The highest BCUT2D eigenvalue weighted by atomic mass is 32.2. The third-order valence-corrected chi connectivity index (χ3v) is 6.81. The van der Waals surface area contributed by atoms with Gasteiger partial charge in [0.2, 0.25) is 0 Å². The Balaban J connectivity index is 2.22. The number of nitrogens with zero attached hydrogens (tertiary/aromatic N) is 1. The van der Waals surface area contributed by atoms with Crippen molar-refractivity contribution >= 4 is 17.0 Å². The Morgan fingerprint density at radius 3 is 2.50 bits per heavy atom. The van der Waals surface area contributed by atoms with E-state index < -0.39 is 0 Å². The van der Waals surface area contributed by atoms with Crippen LogP contribution in [0.1, 0.15) is 73.1 Å². The van der Waals surface area contributed by atoms with Crippen molar-refractivity contribution in [3.05, 3.63) is 0 Å². The molecule has 0 aromatic heterocycles. The average Bonchev–Trinajstić information content (AvgIpc) is 2.66. The third-order valence-electron chi connectivity index (χ3n) is 5.61. The fourth-order valence-electron chi connectivity index (χ4n) is 3.82. The molecule has 1 aliphatic carbocycles. The summed E-state index contributed by atoms with van der Waals surface area (Å²) in [4.78, 5) is 14.5. The van der Waals surface area contributed by atoms with Crippen LogP contribution in [0.3, 0.4) is 0 Å². The van der Waals surface area contributed by atoms with Gasteiger partial charge < -0.3 is 4.90 Å². The molecule has 1 saturated carbocycles. The van der Waals surface area contributed by atoms with E-state index in [1.165, 1.54) is 38.5 Å². The molecule has 116 valence electrons. The summed E-state index contributed by atoms with van der Waals surface area (Å²) in [6.45, 7) is 11.5. The predicted octanol–water partition coefficient (Wildman–Crippen LogP) is 5.32. The lowest BCUT2D eigenvalue weighted by Crippen LogP contribution is -2.42. The molecular weight excluding hydrogens is 266 g/mol. The molecule has 0 N–H and O–H groups in total. The van der Waals surface area contributed by atoms with Crippen molar-refractivity contribution in [3.8, 4) is 0 Å². The monoisotopic (exact) mass is 297 g/mol. The van der Waals surface area contributed by atoms with E-state index in [0.717, 1.165) is 0 Å². The highest BCUT2D eigenvalue weighted by molar-refractivity contribution is 8.14. The molecule has 0 aromatic rings. The largest absolute Gasteiger partial charge is 0.327 e. The minimum atomic E-state index is 0.321. The van der Waals surface area contributed by atoms with Gasteiger partial charge in [-0.3, -0.25) is 4.79 Å². The van der Waals surface area contributed by atoms with E-state index in [4.69, 9.17) is 0 Å². The van der Waals surface area contributed by atoms with Gasteiger partial charge in [-0.15, -0.1) is 0 Å². The first-order valence-corrected chi connectivity index (χ1v) is 9.22. The van der Waals surface area contributed by atoms with Crippen molar-refractivity contribution in [2.24, 2.45) is 11.3 Å². The molecule has 0 spiro atoms. The molecule has 0 radical (unpaired) electrons. The van der Waals surface area contributed by atoms with E-state index >= 15 is 0 Å². The van der Waals surface area contributed by atoms with Gasteiger partial charge >= 0.3 is 0 Å². The van der Waals surface area contributed by atoms with Crippen LogP contribution in [0.15, 0.2) is 0 Å². The standard InChI is InChI=1S/C17H31NOS/c1-12(2)17(5)10-8-6-7-9-14-15(11-17)20-16(19)18(14)13(3)4/h12-15H,6-11H2,1-5H3. The number of fused-ring (bicyclic) bond motifs is 1. The minimum absolute atomic E-state index is 0.321. The van der Waals surface area contributed by atoms with Gasteiger partial charge in [0.25, 0.3) is 5.24 Å². The van der Waals surface area contributed by atoms with Crippen molar-refractivity contribution in [2.45, 2.75) is 90.5 Å². The van der Waals surface area contributed by atoms with Gasteiger partial charge in [-0.1, -0.05) is 51.8 Å². The molecule has 2 fully saturated rings. The summed E-state index contributed by atoms with van der Waals surface area (Å²) in [7, 11) is 0. The quantitative estimate of drug-likeness (QED) is 0.687. The average molecular weight is 298 g/mol. The maximum atomic E-state index is 12.4. The molecule has 3 heteroatoms. The molecule has 1 aliphatic heterocycles. The van der Waals surface area contributed by atoms with Gasteiger partial charge in [-0.05, 0) is 44.4 Å². The fraction of sp³-hybridized carbons (Fsp3) is 0.941. The van der Waals surface area contributed by atoms with Crippen LogP contribution >= 0.6 is 11.8 Å². The second-order valence-electron chi connectivity index (χ2n) is 7.60. The van der Waals surface area contributed by atoms with E-state index in [2.05, 4.69) is 39.5 Å². The van der Waals surface area contributed by atoms with Crippen molar-refractivity contribution in [1.29, 1.82) is 0 Å². The van der Waals surface area contributed by atoms with Gasteiger partial charge in [-0.25, -0.2) is 0 Å². The summed E-state index contributed by atoms with van der Waals surface area (Å²) in [5.41, 5.74) is 0.396. The zero-order valence-electron chi connectivity index (χ0n) is 13.8. The summed E-state index contributed by atoms with van der Waals surface area (Å²) >= 11 is 1.62. The van der Waals surface area contributed by atoms with E-state index in [0.29, 0.717) is 33.9 Å². The topological polar surface area (TPSA) is 20.3 Å². The van der Waals surface area contributed by atoms with E-state index in [1.54, 1.807) is 11.8 Å². The molecule has 2 rings (SSSR count). The fourth-order valence-corrected chi connectivity index (χ4v) is 5.44. The van der Waals surface area contributed by atoms with Crippen LogP contribution in [0.25, 0.3) is 0 Å². The number of thioether (sulfide) groups is 1. The Kier molecular flexibility index (Phi) is 5.09. The second kappa shape index (κ2) is 6.29. The van der Waals surface area contributed by atoms with Crippen molar-refractivity contribution in [3.63, 3.8) is 0 Å². The van der Waals surface area contributed by atoms with Crippen LogP contribution in [0.4, 0.5) is 4.79 Å². The minimum Gasteiger partial charge on any atom is -0.327 e. The van der Waals surface area contributed by atoms with Crippen molar-refractivity contribution < 1.29 is 4.79 Å². The third kappa shape index (κ3) is 3.18. The molecule has 3 atom stereocenters. The Morgan fingerprint density at radius 1 is 1.20 bits per heavy atom. The van der Waals surface area contributed by atoms with E-state index in [-0.39, 0.29) is 0 Å². The molecule has 1 heterocycles. The number of rotatable bonds is 2. The number of carbonyl (C=O) groups is 1. The molecular formula is C17H31NOS. The zero-order valence-corrected chi connectivity index (χ0v) is 14.6. The Morgan fingerprint density at radius 2 is 1.90 bits per heavy atom. The van der Waals surface area contributed by atoms with Gasteiger partial charge in [-0.2, -0.15) is 0 Å². The molecule has 2 aliphatic rings. The maximum Gasteiger partial charge on any atom is 0.282 e. The molecule has 20 heavy (non-hydrogen) atoms. The SMILES string of the molecule is CC(C)N1C(=O)SC2CC(C)(C(C)C)CCCCCC21. The second-order valence-corrected chi connectivity index (χ2v) is 8.79. The smallest absolute Gasteiger partial charge is 0.282 e. The zero-order chi connectivity index (χ0) is 14.9. The predicted molar refractivity (Wildman–Crippen MR) is 88.2 cm³/mol. The van der Waals surface area contributed by atoms with Crippen molar-refractivity contribution in [2.75, 3.05) is 0 Å². The van der Waals surface area contributed by atoms with Crippen LogP contribution < -0.4 is 0 Å².